The molecule has 0 unspecified atom stereocenters. The standard InChI is InChI=1S/C20H23NO4/c22-18-11-16-9-5-4-8-15(16)10-17(18)20(24)25-13-19(23)21-12-14-6-2-1-3-7-14/h4-5,8-11,14,22H,1-3,6-7,12-13H2,(H,21,23). The molecule has 25 heavy (non-hydrogen) atoms. The molecule has 0 spiro atoms. The summed E-state index contributed by atoms with van der Waals surface area (Å²) in [5, 5.41) is 14.5. The summed E-state index contributed by atoms with van der Waals surface area (Å²) < 4.78 is 5.05. The maximum Gasteiger partial charge on any atom is 0.342 e. The highest BCUT2D eigenvalue weighted by Crippen LogP contribution is 2.25. The number of benzene rings is 2. The van der Waals surface area contributed by atoms with Crippen LogP contribution in [-0.4, -0.2) is 30.1 Å². The van der Waals surface area contributed by atoms with Crippen LogP contribution in [0.4, 0.5) is 0 Å². The number of fused-ring (bicyclic) bond motifs is 1. The maximum atomic E-state index is 12.2. The molecule has 1 aliphatic carbocycles. The number of hydrogen-bond acceptors (Lipinski definition) is 4. The number of carbonyl (C=O) groups is 2. The lowest BCUT2D eigenvalue weighted by Gasteiger charge is -2.21. The van der Waals surface area contributed by atoms with Gasteiger partial charge in [-0.2, -0.15) is 0 Å². The Hall–Kier alpha value is -2.56. The number of phenolic OH excluding ortho intramolecular Hbond substituents is 1. The van der Waals surface area contributed by atoms with Crippen LogP contribution >= 0.6 is 0 Å². The van der Waals surface area contributed by atoms with Crippen LogP contribution in [-0.2, 0) is 9.53 Å². The van der Waals surface area contributed by atoms with Gasteiger partial charge in [-0.1, -0.05) is 43.5 Å². The molecule has 1 amide bonds. The van der Waals surface area contributed by atoms with E-state index in [9.17, 15) is 14.7 Å². The van der Waals surface area contributed by atoms with Gasteiger partial charge in [0.05, 0.1) is 0 Å². The third-order valence-corrected chi connectivity index (χ3v) is 4.73. The van der Waals surface area contributed by atoms with Crippen molar-refractivity contribution >= 4 is 22.6 Å². The molecule has 132 valence electrons. The number of phenols is 1. The van der Waals surface area contributed by atoms with E-state index in [4.69, 9.17) is 4.74 Å². The quantitative estimate of drug-likeness (QED) is 0.817. The zero-order chi connectivity index (χ0) is 17.6. The van der Waals surface area contributed by atoms with Crippen LogP contribution in [0.2, 0.25) is 0 Å². The number of esters is 1. The number of amides is 1. The predicted octanol–water partition coefficient (Wildman–Crippen LogP) is 3.40. The molecule has 2 N–H and O–H groups in total. The maximum absolute atomic E-state index is 12.2. The molecule has 0 aliphatic heterocycles. The van der Waals surface area contributed by atoms with Crippen molar-refractivity contribution in [1.82, 2.24) is 5.32 Å². The van der Waals surface area contributed by atoms with Crippen molar-refractivity contribution in [3.05, 3.63) is 42.0 Å². The highest BCUT2D eigenvalue weighted by Gasteiger charge is 2.17. The molecule has 1 fully saturated rings. The molecular formula is C20H23NO4. The first-order valence-corrected chi connectivity index (χ1v) is 8.79. The van der Waals surface area contributed by atoms with Gasteiger partial charge in [0.25, 0.3) is 5.91 Å². The SMILES string of the molecule is O=C(COC(=O)c1cc2ccccc2cc1O)NCC1CCCCC1. The molecular weight excluding hydrogens is 318 g/mol. The predicted molar refractivity (Wildman–Crippen MR) is 95.5 cm³/mol. The fourth-order valence-corrected chi connectivity index (χ4v) is 3.30. The number of rotatable bonds is 5. The van der Waals surface area contributed by atoms with Gasteiger partial charge in [0.15, 0.2) is 6.61 Å². The Balaban J connectivity index is 1.53. The summed E-state index contributed by atoms with van der Waals surface area (Å²) in [6.45, 7) is 0.301. The average Bonchev–Trinajstić information content (AvgIpc) is 2.64. The normalized spacial score (nSPS) is 15.0. The van der Waals surface area contributed by atoms with E-state index in [1.54, 1.807) is 6.07 Å². The van der Waals surface area contributed by atoms with Gasteiger partial charge in [0.1, 0.15) is 11.3 Å². The first-order valence-electron chi connectivity index (χ1n) is 8.79. The third kappa shape index (κ3) is 4.50. The summed E-state index contributed by atoms with van der Waals surface area (Å²) in [6, 6.07) is 10.5. The van der Waals surface area contributed by atoms with E-state index in [0.29, 0.717) is 12.5 Å². The second-order valence-electron chi connectivity index (χ2n) is 6.60. The van der Waals surface area contributed by atoms with Crippen molar-refractivity contribution < 1.29 is 19.4 Å². The zero-order valence-electron chi connectivity index (χ0n) is 14.2. The van der Waals surface area contributed by atoms with Crippen LogP contribution in [0.3, 0.4) is 0 Å². The van der Waals surface area contributed by atoms with E-state index in [0.717, 1.165) is 23.6 Å². The Morgan fingerprint density at radius 1 is 1.08 bits per heavy atom. The highest BCUT2D eigenvalue weighted by molar-refractivity contribution is 5.99. The van der Waals surface area contributed by atoms with Crippen molar-refractivity contribution in [2.24, 2.45) is 5.92 Å². The molecule has 3 rings (SSSR count). The lowest BCUT2D eigenvalue weighted by atomic mass is 9.89. The smallest absolute Gasteiger partial charge is 0.342 e. The van der Waals surface area contributed by atoms with Gasteiger partial charge in [0, 0.05) is 6.54 Å². The summed E-state index contributed by atoms with van der Waals surface area (Å²) in [4.78, 5) is 24.0. The van der Waals surface area contributed by atoms with Crippen molar-refractivity contribution in [3.63, 3.8) is 0 Å². The van der Waals surface area contributed by atoms with E-state index >= 15 is 0 Å². The Bertz CT molecular complexity index is 765. The van der Waals surface area contributed by atoms with Crippen LogP contribution in [0.25, 0.3) is 10.8 Å². The number of aromatic hydroxyl groups is 1. The molecule has 0 saturated heterocycles. The number of nitrogens with one attached hydrogen (secondary N) is 1. The van der Waals surface area contributed by atoms with E-state index in [2.05, 4.69) is 5.32 Å². The Labute approximate surface area is 147 Å². The van der Waals surface area contributed by atoms with Gasteiger partial charge in [-0.3, -0.25) is 4.79 Å². The van der Waals surface area contributed by atoms with E-state index < -0.39 is 5.97 Å². The van der Waals surface area contributed by atoms with Gasteiger partial charge in [-0.25, -0.2) is 4.79 Å². The molecule has 5 nitrogen and oxygen atoms in total. The molecule has 2 aromatic carbocycles. The number of carbonyl (C=O) groups excluding carboxylic acids is 2. The minimum absolute atomic E-state index is 0.0683. The first-order chi connectivity index (χ1) is 12.1. The third-order valence-electron chi connectivity index (χ3n) is 4.73. The van der Waals surface area contributed by atoms with Crippen molar-refractivity contribution in [1.29, 1.82) is 0 Å². The van der Waals surface area contributed by atoms with Gasteiger partial charge < -0.3 is 15.2 Å². The van der Waals surface area contributed by atoms with Gasteiger partial charge >= 0.3 is 5.97 Å². The fraction of sp³-hybridized carbons (Fsp3) is 0.400. The van der Waals surface area contributed by atoms with Crippen LogP contribution in [0.5, 0.6) is 5.75 Å². The minimum atomic E-state index is -0.698. The Morgan fingerprint density at radius 2 is 1.76 bits per heavy atom. The van der Waals surface area contributed by atoms with Crippen molar-refractivity contribution in [3.8, 4) is 5.75 Å². The number of ether oxygens (including phenoxy) is 1. The zero-order valence-corrected chi connectivity index (χ0v) is 14.2. The first kappa shape index (κ1) is 17.3. The minimum Gasteiger partial charge on any atom is -0.507 e. The monoisotopic (exact) mass is 341 g/mol. The molecule has 5 heteroatoms. The molecule has 1 saturated carbocycles. The van der Waals surface area contributed by atoms with Crippen LogP contribution in [0, 0.1) is 5.92 Å². The fourth-order valence-electron chi connectivity index (χ4n) is 3.30. The molecule has 0 aromatic heterocycles. The van der Waals surface area contributed by atoms with E-state index in [1.807, 2.05) is 24.3 Å². The van der Waals surface area contributed by atoms with E-state index in [1.165, 1.54) is 25.3 Å². The lowest BCUT2D eigenvalue weighted by Crippen LogP contribution is -2.33. The molecule has 0 radical (unpaired) electrons. The summed E-state index contributed by atoms with van der Waals surface area (Å²) in [7, 11) is 0. The number of hydrogen-bond donors (Lipinski definition) is 2. The molecule has 1 aliphatic rings. The van der Waals surface area contributed by atoms with Crippen LogP contribution in [0.1, 0.15) is 42.5 Å². The molecule has 2 aromatic rings. The average molecular weight is 341 g/mol. The van der Waals surface area contributed by atoms with Gasteiger partial charge in [0.2, 0.25) is 0 Å². The summed E-state index contributed by atoms with van der Waals surface area (Å²) in [5.74, 6) is -0.625. The van der Waals surface area contributed by atoms with Gasteiger partial charge in [-0.05, 0) is 41.7 Å². The summed E-state index contributed by atoms with van der Waals surface area (Å²) in [6.07, 6.45) is 6.00. The second-order valence-corrected chi connectivity index (χ2v) is 6.60. The molecule has 0 atom stereocenters. The van der Waals surface area contributed by atoms with Gasteiger partial charge in [-0.15, -0.1) is 0 Å². The molecule has 0 heterocycles. The summed E-state index contributed by atoms with van der Waals surface area (Å²) in [5.41, 5.74) is 0.0683. The van der Waals surface area contributed by atoms with E-state index in [-0.39, 0.29) is 23.8 Å². The van der Waals surface area contributed by atoms with Crippen molar-refractivity contribution in [2.45, 2.75) is 32.1 Å². The lowest BCUT2D eigenvalue weighted by molar-refractivity contribution is -0.124. The molecule has 0 bridgehead atoms. The highest BCUT2D eigenvalue weighted by atomic mass is 16.5. The second kappa shape index (κ2) is 8.01. The summed E-state index contributed by atoms with van der Waals surface area (Å²) >= 11 is 0. The van der Waals surface area contributed by atoms with Crippen LogP contribution < -0.4 is 5.32 Å². The van der Waals surface area contributed by atoms with Crippen molar-refractivity contribution in [2.75, 3.05) is 13.2 Å². The Kier molecular flexibility index (Phi) is 5.53. The van der Waals surface area contributed by atoms with Crippen LogP contribution in [0.15, 0.2) is 36.4 Å². The topological polar surface area (TPSA) is 75.6 Å². The largest absolute Gasteiger partial charge is 0.507 e. The Morgan fingerprint density at radius 3 is 2.48 bits per heavy atom.